The van der Waals surface area contributed by atoms with Crippen molar-refractivity contribution in [3.05, 3.63) is 36.7 Å². The Kier molecular flexibility index (Phi) is 3.00. The van der Waals surface area contributed by atoms with Crippen molar-refractivity contribution in [2.75, 3.05) is 0 Å². The SMILES string of the molecule is [Na].c1cnc2ncccc2c1. The topological polar surface area (TPSA) is 25.8 Å². The van der Waals surface area contributed by atoms with Gasteiger partial charge in [0.25, 0.3) is 0 Å². The Morgan fingerprint density at radius 3 is 1.91 bits per heavy atom. The molecule has 0 unspecified atom stereocenters. The van der Waals surface area contributed by atoms with E-state index < -0.39 is 0 Å². The Balaban J connectivity index is 0.000000605. The van der Waals surface area contributed by atoms with Crippen LogP contribution in [0.3, 0.4) is 0 Å². The van der Waals surface area contributed by atoms with Crippen LogP contribution in [0.25, 0.3) is 11.0 Å². The third kappa shape index (κ3) is 1.77. The summed E-state index contributed by atoms with van der Waals surface area (Å²) in [4.78, 5) is 8.14. The van der Waals surface area contributed by atoms with E-state index in [2.05, 4.69) is 9.97 Å². The van der Waals surface area contributed by atoms with Crippen molar-refractivity contribution < 1.29 is 0 Å². The molecule has 0 fully saturated rings. The predicted molar refractivity (Wildman–Crippen MR) is 45.3 cm³/mol. The molecule has 2 heterocycles. The van der Waals surface area contributed by atoms with Crippen LogP contribution in [-0.4, -0.2) is 39.5 Å². The van der Waals surface area contributed by atoms with E-state index in [-0.39, 0.29) is 29.6 Å². The summed E-state index contributed by atoms with van der Waals surface area (Å²) in [5.41, 5.74) is 0.810. The van der Waals surface area contributed by atoms with E-state index in [0.29, 0.717) is 0 Å². The maximum absolute atomic E-state index is 4.07. The maximum Gasteiger partial charge on any atom is 0.159 e. The van der Waals surface area contributed by atoms with E-state index >= 15 is 0 Å². The number of fused-ring (bicyclic) bond motifs is 1. The molecule has 11 heavy (non-hydrogen) atoms. The molecule has 2 aromatic heterocycles. The van der Waals surface area contributed by atoms with E-state index in [0.717, 1.165) is 11.0 Å². The zero-order valence-corrected chi connectivity index (χ0v) is 8.36. The van der Waals surface area contributed by atoms with Crippen molar-refractivity contribution in [3.8, 4) is 0 Å². The smallest absolute Gasteiger partial charge is 0.159 e. The van der Waals surface area contributed by atoms with Crippen LogP contribution in [0.1, 0.15) is 0 Å². The molecule has 3 heteroatoms. The maximum atomic E-state index is 4.07. The van der Waals surface area contributed by atoms with Crippen molar-refractivity contribution in [3.63, 3.8) is 0 Å². The van der Waals surface area contributed by atoms with Crippen LogP contribution in [0.2, 0.25) is 0 Å². The first-order valence-electron chi connectivity index (χ1n) is 3.12. The fraction of sp³-hybridized carbons (Fsp3) is 0. The van der Waals surface area contributed by atoms with Crippen LogP contribution in [0, 0.1) is 0 Å². The summed E-state index contributed by atoms with van der Waals surface area (Å²) < 4.78 is 0. The summed E-state index contributed by atoms with van der Waals surface area (Å²) in [6.45, 7) is 0. The summed E-state index contributed by atoms with van der Waals surface area (Å²) in [5, 5.41) is 1.09. The summed E-state index contributed by atoms with van der Waals surface area (Å²) in [6.07, 6.45) is 3.49. The van der Waals surface area contributed by atoms with E-state index in [1.165, 1.54) is 0 Å². The molecule has 0 aromatic carbocycles. The molecule has 1 radical (unpaired) electrons. The molecule has 2 nitrogen and oxygen atoms in total. The van der Waals surface area contributed by atoms with Gasteiger partial charge in [0, 0.05) is 47.3 Å². The molecule has 0 aliphatic rings. The summed E-state index contributed by atoms with van der Waals surface area (Å²) in [6, 6.07) is 7.80. The van der Waals surface area contributed by atoms with Gasteiger partial charge in [-0.25, -0.2) is 9.97 Å². The van der Waals surface area contributed by atoms with Gasteiger partial charge in [0.05, 0.1) is 0 Å². The van der Waals surface area contributed by atoms with Gasteiger partial charge in [-0.05, 0) is 24.3 Å². The second-order valence-electron chi connectivity index (χ2n) is 2.05. The number of aromatic nitrogens is 2. The van der Waals surface area contributed by atoms with Gasteiger partial charge in [0.1, 0.15) is 0 Å². The molecule has 49 valence electrons. The van der Waals surface area contributed by atoms with Gasteiger partial charge in [0.15, 0.2) is 5.65 Å². The molecular weight excluding hydrogens is 147 g/mol. The molecule has 2 rings (SSSR count). The fourth-order valence-electron chi connectivity index (χ4n) is 0.908. The minimum atomic E-state index is 0. The molecule has 0 N–H and O–H groups in total. The van der Waals surface area contributed by atoms with Gasteiger partial charge in [0.2, 0.25) is 0 Å². The largest absolute Gasteiger partial charge is 0.237 e. The number of hydrogen-bond donors (Lipinski definition) is 0. The van der Waals surface area contributed by atoms with Crippen LogP contribution >= 0.6 is 0 Å². The Morgan fingerprint density at radius 1 is 0.909 bits per heavy atom. The molecule has 0 bridgehead atoms. The fourth-order valence-corrected chi connectivity index (χ4v) is 0.908. The summed E-state index contributed by atoms with van der Waals surface area (Å²) in [5.74, 6) is 0. The quantitative estimate of drug-likeness (QED) is 0.532. The van der Waals surface area contributed by atoms with Gasteiger partial charge in [-0.15, -0.1) is 0 Å². The standard InChI is InChI=1S/C8H6N2.Na/c1-3-7-4-2-6-10-8(7)9-5-1;/h1-6H;. The molecule has 0 aliphatic heterocycles. The van der Waals surface area contributed by atoms with Crippen molar-refractivity contribution >= 4 is 40.6 Å². The molecule has 0 saturated heterocycles. The monoisotopic (exact) mass is 153 g/mol. The van der Waals surface area contributed by atoms with Crippen LogP contribution in [0.4, 0.5) is 0 Å². The van der Waals surface area contributed by atoms with E-state index in [1.807, 2.05) is 24.3 Å². The number of pyridine rings is 2. The zero-order chi connectivity index (χ0) is 6.81. The van der Waals surface area contributed by atoms with Crippen LogP contribution in [0.15, 0.2) is 36.7 Å². The molecule has 0 aliphatic carbocycles. The third-order valence-corrected chi connectivity index (χ3v) is 1.38. The summed E-state index contributed by atoms with van der Waals surface area (Å²) in [7, 11) is 0. The van der Waals surface area contributed by atoms with Gasteiger partial charge in [-0.2, -0.15) is 0 Å². The average Bonchev–Trinajstić information content (AvgIpc) is 2.05. The minimum absolute atomic E-state index is 0. The Morgan fingerprint density at radius 2 is 1.45 bits per heavy atom. The first-order chi connectivity index (χ1) is 4.97. The summed E-state index contributed by atoms with van der Waals surface area (Å²) >= 11 is 0. The Bertz CT molecular complexity index is 283. The number of rotatable bonds is 0. The van der Waals surface area contributed by atoms with Crippen LogP contribution in [-0.2, 0) is 0 Å². The van der Waals surface area contributed by atoms with Gasteiger partial charge in [-0.3, -0.25) is 0 Å². The second-order valence-corrected chi connectivity index (χ2v) is 2.05. The van der Waals surface area contributed by atoms with Crippen LogP contribution < -0.4 is 0 Å². The van der Waals surface area contributed by atoms with E-state index in [9.17, 15) is 0 Å². The number of nitrogens with zero attached hydrogens (tertiary/aromatic N) is 2. The molecule has 0 spiro atoms. The normalized spacial score (nSPS) is 9.09. The number of hydrogen-bond acceptors (Lipinski definition) is 2. The average molecular weight is 153 g/mol. The molecular formula is C8H6N2Na. The molecule has 0 saturated carbocycles. The van der Waals surface area contributed by atoms with Crippen molar-refractivity contribution in [1.82, 2.24) is 9.97 Å². The van der Waals surface area contributed by atoms with Crippen molar-refractivity contribution in [2.45, 2.75) is 0 Å². The first-order valence-corrected chi connectivity index (χ1v) is 3.12. The second kappa shape index (κ2) is 3.81. The van der Waals surface area contributed by atoms with E-state index in [4.69, 9.17) is 0 Å². The van der Waals surface area contributed by atoms with Crippen molar-refractivity contribution in [1.29, 1.82) is 0 Å². The zero-order valence-electron chi connectivity index (χ0n) is 6.36. The minimum Gasteiger partial charge on any atom is -0.237 e. The first kappa shape index (κ1) is 8.65. The van der Waals surface area contributed by atoms with Gasteiger partial charge in [-0.1, -0.05) is 0 Å². The third-order valence-electron chi connectivity index (χ3n) is 1.38. The molecule has 0 amide bonds. The molecule has 2 aromatic rings. The van der Waals surface area contributed by atoms with Crippen LogP contribution in [0.5, 0.6) is 0 Å². The van der Waals surface area contributed by atoms with Crippen molar-refractivity contribution in [2.24, 2.45) is 0 Å². The van der Waals surface area contributed by atoms with E-state index in [1.54, 1.807) is 12.4 Å². The Labute approximate surface area is 87.0 Å². The Hall–Kier alpha value is -0.440. The van der Waals surface area contributed by atoms with Gasteiger partial charge < -0.3 is 0 Å². The van der Waals surface area contributed by atoms with Gasteiger partial charge >= 0.3 is 0 Å². The predicted octanol–water partition coefficient (Wildman–Crippen LogP) is 1.25. The molecule has 0 atom stereocenters.